The second-order valence-corrected chi connectivity index (χ2v) is 11.6. The summed E-state index contributed by atoms with van der Waals surface area (Å²) in [5, 5.41) is 14.5. The predicted molar refractivity (Wildman–Crippen MR) is 181 cm³/mol. The summed E-state index contributed by atoms with van der Waals surface area (Å²) in [7, 11) is 0. The van der Waals surface area contributed by atoms with E-state index >= 15 is 0 Å². The first-order chi connectivity index (χ1) is 23.7. The topological polar surface area (TPSA) is 120 Å². The second kappa shape index (κ2) is 16.8. The fourth-order valence-electron chi connectivity index (χ4n) is 5.55. The second-order valence-electron chi connectivity index (χ2n) is 11.6. The van der Waals surface area contributed by atoms with Crippen LogP contribution in [-0.2, 0) is 24.4 Å². The minimum Gasteiger partial charge on any atom is -0.405 e. The van der Waals surface area contributed by atoms with Gasteiger partial charge in [0.15, 0.2) is 0 Å². The van der Waals surface area contributed by atoms with Gasteiger partial charge in [-0.25, -0.2) is 4.98 Å². The highest BCUT2D eigenvalue weighted by Crippen LogP contribution is 2.26. The van der Waals surface area contributed by atoms with Gasteiger partial charge >= 0.3 is 6.36 Å². The van der Waals surface area contributed by atoms with Crippen LogP contribution in [0.4, 0.5) is 13.2 Å². The molecule has 4 aromatic carbocycles. The molecule has 0 bridgehead atoms. The molecule has 0 aliphatic carbocycles. The fraction of sp³-hybridized carbons (Fsp3) is 0.270. The van der Waals surface area contributed by atoms with Gasteiger partial charge in [-0.05, 0) is 66.4 Å². The number of benzene rings is 4. The zero-order valence-electron chi connectivity index (χ0n) is 27.0. The third kappa shape index (κ3) is 10.4. The fourth-order valence-corrected chi connectivity index (χ4v) is 5.55. The van der Waals surface area contributed by atoms with E-state index in [9.17, 15) is 22.8 Å². The van der Waals surface area contributed by atoms with E-state index in [1.807, 2.05) is 61.5 Å². The van der Waals surface area contributed by atoms with Crippen LogP contribution in [0.1, 0.15) is 58.7 Å². The van der Waals surface area contributed by atoms with Gasteiger partial charge in [-0.15, -0.1) is 13.2 Å². The van der Waals surface area contributed by atoms with Crippen molar-refractivity contribution in [3.05, 3.63) is 131 Å². The predicted octanol–water partition coefficient (Wildman–Crippen LogP) is 6.30. The molecule has 2 amide bonds. The Morgan fingerprint density at radius 3 is 2.39 bits per heavy atom. The molecular formula is C37H39F3N6O3. The summed E-state index contributed by atoms with van der Waals surface area (Å²) >= 11 is 0. The summed E-state index contributed by atoms with van der Waals surface area (Å²) in [5.41, 5.74) is 2.70. The average Bonchev–Trinajstić information content (AvgIpc) is 3.61. The third-order valence-corrected chi connectivity index (χ3v) is 8.02. The molecular weight excluding hydrogens is 633 g/mol. The van der Waals surface area contributed by atoms with Crippen LogP contribution in [0.15, 0.2) is 103 Å². The van der Waals surface area contributed by atoms with E-state index in [1.165, 1.54) is 12.1 Å². The van der Waals surface area contributed by atoms with Crippen LogP contribution in [0.3, 0.4) is 0 Å². The largest absolute Gasteiger partial charge is 0.573 e. The van der Waals surface area contributed by atoms with E-state index < -0.39 is 12.4 Å². The molecule has 12 heteroatoms. The molecule has 9 nitrogen and oxygen atoms in total. The summed E-state index contributed by atoms with van der Waals surface area (Å²) < 4.78 is 42.6. The molecule has 0 spiro atoms. The number of amides is 2. The van der Waals surface area contributed by atoms with Crippen LogP contribution in [0.2, 0.25) is 0 Å². The van der Waals surface area contributed by atoms with Gasteiger partial charge in [-0.1, -0.05) is 72.8 Å². The molecule has 5 aromatic rings. The molecule has 0 aliphatic rings. The summed E-state index contributed by atoms with van der Waals surface area (Å²) in [5.74, 6) is -0.171. The van der Waals surface area contributed by atoms with Gasteiger partial charge in [0, 0.05) is 36.6 Å². The number of aromatic nitrogens is 2. The van der Waals surface area contributed by atoms with Crippen LogP contribution in [0.25, 0.3) is 10.8 Å². The van der Waals surface area contributed by atoms with Gasteiger partial charge in [-0.2, -0.15) is 0 Å². The first-order valence-electron chi connectivity index (χ1n) is 16.1. The van der Waals surface area contributed by atoms with Gasteiger partial charge in [0.1, 0.15) is 17.6 Å². The SMILES string of the molecule is C[C@H](NC(=O)[C@H](CCCNCc1ccccc1OC(F)(F)F)NC(=O)c1ccc(CNCc2ncc[nH]2)cc1)c1cccc2ccccc12. The number of alkyl halides is 3. The number of nitrogens with one attached hydrogen (secondary N) is 5. The van der Waals surface area contributed by atoms with Crippen molar-refractivity contribution in [3.8, 4) is 5.75 Å². The van der Waals surface area contributed by atoms with E-state index in [-0.39, 0.29) is 30.2 Å². The third-order valence-electron chi connectivity index (χ3n) is 8.02. The van der Waals surface area contributed by atoms with Crippen LogP contribution in [0, 0.1) is 0 Å². The Kier molecular flexibility index (Phi) is 12.0. The molecule has 1 aromatic heterocycles. The maximum Gasteiger partial charge on any atom is 0.573 e. The van der Waals surface area contributed by atoms with Crippen molar-refractivity contribution in [1.82, 2.24) is 31.2 Å². The smallest absolute Gasteiger partial charge is 0.405 e. The van der Waals surface area contributed by atoms with Crippen LogP contribution >= 0.6 is 0 Å². The lowest BCUT2D eigenvalue weighted by molar-refractivity contribution is -0.274. The molecule has 0 unspecified atom stereocenters. The van der Waals surface area contributed by atoms with Gasteiger partial charge in [-0.3, -0.25) is 9.59 Å². The zero-order valence-corrected chi connectivity index (χ0v) is 27.0. The van der Waals surface area contributed by atoms with E-state index in [1.54, 1.807) is 36.7 Å². The summed E-state index contributed by atoms with van der Waals surface area (Å²) in [6.45, 7) is 3.58. The molecule has 0 saturated carbocycles. The number of carbonyl (C=O) groups is 2. The average molecular weight is 673 g/mol. The number of nitrogens with zero attached hydrogens (tertiary/aromatic N) is 1. The summed E-state index contributed by atoms with van der Waals surface area (Å²) in [4.78, 5) is 34.3. The van der Waals surface area contributed by atoms with Gasteiger partial charge in [0.25, 0.3) is 5.91 Å². The first kappa shape index (κ1) is 35.1. The molecule has 5 rings (SSSR count). The van der Waals surface area contributed by atoms with Crippen LogP contribution < -0.4 is 26.0 Å². The Morgan fingerprint density at radius 2 is 1.61 bits per heavy atom. The molecule has 49 heavy (non-hydrogen) atoms. The molecule has 2 atom stereocenters. The maximum absolute atomic E-state index is 13.7. The lowest BCUT2D eigenvalue weighted by Gasteiger charge is -2.23. The molecule has 0 aliphatic heterocycles. The Hall–Kier alpha value is -5.20. The normalized spacial score (nSPS) is 12.7. The van der Waals surface area contributed by atoms with Gasteiger partial charge in [0.05, 0.1) is 12.6 Å². The minimum absolute atomic E-state index is 0.135. The Balaban J connectivity index is 1.21. The van der Waals surface area contributed by atoms with Crippen LogP contribution in [0.5, 0.6) is 5.75 Å². The summed E-state index contributed by atoms with van der Waals surface area (Å²) in [6.07, 6.45) is -0.589. The highest BCUT2D eigenvalue weighted by Gasteiger charge is 2.32. The number of H-pyrrole nitrogens is 1. The van der Waals surface area contributed by atoms with E-state index in [4.69, 9.17) is 0 Å². The summed E-state index contributed by atoms with van der Waals surface area (Å²) in [6, 6.07) is 25.7. The number of imidazole rings is 1. The maximum atomic E-state index is 13.7. The number of ether oxygens (including phenoxy) is 1. The van der Waals surface area contributed by atoms with Crippen molar-refractivity contribution in [2.45, 2.75) is 57.8 Å². The number of para-hydroxylation sites is 1. The number of rotatable bonds is 16. The molecule has 0 fully saturated rings. The Morgan fingerprint density at radius 1 is 0.857 bits per heavy atom. The number of halogens is 3. The standard InChI is InChI=1S/C37H39F3N6O3/c1-25(30-12-6-10-27-8-2-4-11-31(27)30)45-36(48)32(13-7-19-41-23-29-9-3-5-14-33(29)49-37(38,39)40)46-35(47)28-17-15-26(16-18-28)22-42-24-34-43-20-21-44-34/h2-6,8-12,14-18,20-21,25,32,41-42H,7,13,19,22-24H2,1H3,(H,43,44)(H,45,48)(H,46,47)/t25-,32-/m0/s1. The van der Waals surface area contributed by atoms with Crippen molar-refractivity contribution < 1.29 is 27.5 Å². The van der Waals surface area contributed by atoms with Gasteiger partial charge in [0.2, 0.25) is 5.91 Å². The quantitative estimate of drug-likeness (QED) is 0.0786. The lowest BCUT2D eigenvalue weighted by Crippen LogP contribution is -2.47. The van der Waals surface area contributed by atoms with Crippen molar-refractivity contribution >= 4 is 22.6 Å². The van der Waals surface area contributed by atoms with E-state index in [0.717, 1.165) is 27.7 Å². The molecule has 0 radical (unpaired) electrons. The first-order valence-corrected chi connectivity index (χ1v) is 16.1. The van der Waals surface area contributed by atoms with E-state index in [2.05, 4.69) is 36.0 Å². The van der Waals surface area contributed by atoms with Crippen molar-refractivity contribution in [1.29, 1.82) is 0 Å². The Bertz CT molecular complexity index is 1810. The lowest BCUT2D eigenvalue weighted by atomic mass is 9.99. The number of aromatic amines is 1. The highest BCUT2D eigenvalue weighted by atomic mass is 19.4. The van der Waals surface area contributed by atoms with Crippen molar-refractivity contribution in [3.63, 3.8) is 0 Å². The number of hydrogen-bond donors (Lipinski definition) is 5. The van der Waals surface area contributed by atoms with Gasteiger partial charge < -0.3 is 31.0 Å². The molecule has 1 heterocycles. The van der Waals surface area contributed by atoms with Crippen LogP contribution in [-0.4, -0.2) is 40.7 Å². The van der Waals surface area contributed by atoms with E-state index in [0.29, 0.717) is 43.6 Å². The van der Waals surface area contributed by atoms with Crippen molar-refractivity contribution in [2.24, 2.45) is 0 Å². The monoisotopic (exact) mass is 672 g/mol. The minimum atomic E-state index is -4.80. The molecule has 0 saturated heterocycles. The number of fused-ring (bicyclic) bond motifs is 1. The number of carbonyl (C=O) groups excluding carboxylic acids is 2. The Labute approximate surface area is 282 Å². The van der Waals surface area contributed by atoms with Crippen molar-refractivity contribution in [2.75, 3.05) is 6.54 Å². The zero-order chi connectivity index (χ0) is 34.6. The molecule has 5 N–H and O–H groups in total. The number of hydrogen-bond acceptors (Lipinski definition) is 6. The molecule has 256 valence electrons. The highest BCUT2D eigenvalue weighted by molar-refractivity contribution is 5.97.